The van der Waals surface area contributed by atoms with Gasteiger partial charge in [-0.3, -0.25) is 4.72 Å². The summed E-state index contributed by atoms with van der Waals surface area (Å²) in [4.78, 5) is 0.126. The van der Waals surface area contributed by atoms with Gasteiger partial charge in [0.1, 0.15) is 10.6 Å². The number of phenols is 1. The van der Waals surface area contributed by atoms with Gasteiger partial charge in [0.25, 0.3) is 10.0 Å². The molecule has 0 aliphatic heterocycles. The lowest BCUT2D eigenvalue weighted by Gasteiger charge is -2.10. The van der Waals surface area contributed by atoms with Crippen molar-refractivity contribution in [3.63, 3.8) is 0 Å². The molecule has 0 aromatic heterocycles. The minimum Gasteiger partial charge on any atom is -0.508 e. The van der Waals surface area contributed by atoms with Crippen molar-refractivity contribution in [3.05, 3.63) is 50.9 Å². The summed E-state index contributed by atoms with van der Waals surface area (Å²) in [6.07, 6.45) is 0. The van der Waals surface area contributed by atoms with Crippen molar-refractivity contribution >= 4 is 47.6 Å². The van der Waals surface area contributed by atoms with Gasteiger partial charge in [0.2, 0.25) is 0 Å². The standard InChI is InChI=1S/C13H11Br2NO3S/c1-8-2-4-10(7-12(8)17)16-20(18,19)13-5-3-9(14)6-11(13)15/h2-7,16-17H,1H3. The van der Waals surface area contributed by atoms with Crippen LogP contribution in [0.15, 0.2) is 50.2 Å². The first-order valence-electron chi connectivity index (χ1n) is 5.57. The SMILES string of the molecule is Cc1ccc(NS(=O)(=O)c2ccc(Br)cc2Br)cc1O. The van der Waals surface area contributed by atoms with E-state index in [0.717, 1.165) is 4.47 Å². The zero-order chi connectivity index (χ0) is 14.9. The van der Waals surface area contributed by atoms with Crippen LogP contribution in [-0.4, -0.2) is 13.5 Å². The number of hydrogen-bond donors (Lipinski definition) is 2. The van der Waals surface area contributed by atoms with Gasteiger partial charge in [-0.15, -0.1) is 0 Å². The summed E-state index contributed by atoms with van der Waals surface area (Å²) in [5, 5.41) is 9.61. The number of nitrogens with one attached hydrogen (secondary N) is 1. The van der Waals surface area contributed by atoms with Gasteiger partial charge in [0.05, 0.1) is 5.69 Å². The summed E-state index contributed by atoms with van der Waals surface area (Å²) in [6, 6.07) is 9.40. The maximum absolute atomic E-state index is 12.3. The molecule has 7 heteroatoms. The molecular weight excluding hydrogens is 410 g/mol. The molecule has 0 heterocycles. The molecule has 0 aliphatic carbocycles. The maximum Gasteiger partial charge on any atom is 0.263 e. The van der Waals surface area contributed by atoms with Gasteiger partial charge in [-0.25, -0.2) is 8.42 Å². The van der Waals surface area contributed by atoms with Crippen molar-refractivity contribution in [3.8, 4) is 5.75 Å². The van der Waals surface area contributed by atoms with E-state index in [4.69, 9.17) is 0 Å². The topological polar surface area (TPSA) is 66.4 Å². The largest absolute Gasteiger partial charge is 0.508 e. The van der Waals surface area contributed by atoms with E-state index >= 15 is 0 Å². The number of aryl methyl sites for hydroxylation is 1. The van der Waals surface area contributed by atoms with Crippen molar-refractivity contribution < 1.29 is 13.5 Å². The molecule has 0 unspecified atom stereocenters. The molecular formula is C13H11Br2NO3S. The van der Waals surface area contributed by atoms with E-state index in [1.54, 1.807) is 31.2 Å². The quantitative estimate of drug-likeness (QED) is 0.787. The van der Waals surface area contributed by atoms with Crippen molar-refractivity contribution in [1.82, 2.24) is 0 Å². The molecule has 106 valence electrons. The van der Waals surface area contributed by atoms with Crippen LogP contribution in [0, 0.1) is 6.92 Å². The summed E-state index contributed by atoms with van der Waals surface area (Å²) in [5.41, 5.74) is 0.987. The van der Waals surface area contributed by atoms with E-state index in [1.807, 2.05) is 0 Å². The van der Waals surface area contributed by atoms with Crippen LogP contribution in [0.3, 0.4) is 0 Å². The van der Waals surface area contributed by atoms with Crippen LogP contribution < -0.4 is 4.72 Å². The fourth-order valence-electron chi connectivity index (χ4n) is 1.58. The number of aromatic hydroxyl groups is 1. The molecule has 2 N–H and O–H groups in total. The predicted octanol–water partition coefficient (Wildman–Crippen LogP) is 4.03. The van der Waals surface area contributed by atoms with Gasteiger partial charge < -0.3 is 5.11 Å². The van der Waals surface area contributed by atoms with Gasteiger partial charge in [-0.1, -0.05) is 22.0 Å². The molecule has 4 nitrogen and oxygen atoms in total. The van der Waals surface area contributed by atoms with E-state index in [-0.39, 0.29) is 10.6 Å². The highest BCUT2D eigenvalue weighted by atomic mass is 79.9. The molecule has 20 heavy (non-hydrogen) atoms. The first-order valence-corrected chi connectivity index (χ1v) is 8.64. The molecule has 2 rings (SSSR count). The third kappa shape index (κ3) is 3.34. The van der Waals surface area contributed by atoms with Gasteiger partial charge in [0.15, 0.2) is 0 Å². The van der Waals surface area contributed by atoms with Crippen LogP contribution >= 0.6 is 31.9 Å². The number of phenolic OH excluding ortho intramolecular Hbond substituents is 1. The minimum absolute atomic E-state index is 0.0417. The van der Waals surface area contributed by atoms with Crippen LogP contribution in [0.25, 0.3) is 0 Å². The second-order valence-electron chi connectivity index (χ2n) is 4.18. The number of halogens is 2. The first kappa shape index (κ1) is 15.3. The second-order valence-corrected chi connectivity index (χ2v) is 7.60. The van der Waals surface area contributed by atoms with Crippen LogP contribution in [0.1, 0.15) is 5.56 Å². The van der Waals surface area contributed by atoms with Crippen molar-refractivity contribution in [1.29, 1.82) is 0 Å². The minimum atomic E-state index is -3.72. The van der Waals surface area contributed by atoms with Gasteiger partial charge >= 0.3 is 0 Å². The third-order valence-electron chi connectivity index (χ3n) is 2.64. The fourth-order valence-corrected chi connectivity index (χ4v) is 4.37. The normalized spacial score (nSPS) is 11.3. The number of sulfonamides is 1. The third-order valence-corrected chi connectivity index (χ3v) is 5.50. The van der Waals surface area contributed by atoms with E-state index in [0.29, 0.717) is 15.7 Å². The van der Waals surface area contributed by atoms with Gasteiger partial charge in [-0.05, 0) is 52.7 Å². The highest BCUT2D eigenvalue weighted by Crippen LogP contribution is 2.28. The van der Waals surface area contributed by atoms with Crippen LogP contribution in [0.4, 0.5) is 5.69 Å². The Balaban J connectivity index is 2.38. The smallest absolute Gasteiger partial charge is 0.263 e. The summed E-state index contributed by atoms with van der Waals surface area (Å²) >= 11 is 6.49. The molecule has 0 fully saturated rings. The van der Waals surface area contributed by atoms with Crippen LogP contribution in [0.2, 0.25) is 0 Å². The Bertz CT molecular complexity index is 760. The Morgan fingerprint density at radius 1 is 1.10 bits per heavy atom. The summed E-state index contributed by atoms with van der Waals surface area (Å²) < 4.78 is 28.2. The zero-order valence-corrected chi connectivity index (χ0v) is 14.4. The lowest BCUT2D eigenvalue weighted by molar-refractivity contribution is 0.471. The van der Waals surface area contributed by atoms with Crippen LogP contribution in [-0.2, 0) is 10.0 Å². The monoisotopic (exact) mass is 419 g/mol. The lowest BCUT2D eigenvalue weighted by atomic mass is 10.2. The average Bonchev–Trinajstić information content (AvgIpc) is 2.33. The zero-order valence-electron chi connectivity index (χ0n) is 10.4. The number of benzene rings is 2. The summed E-state index contributed by atoms with van der Waals surface area (Å²) in [5.74, 6) is 0.0417. The Morgan fingerprint density at radius 2 is 1.80 bits per heavy atom. The Hall–Kier alpha value is -1.05. The molecule has 0 saturated heterocycles. The summed E-state index contributed by atoms with van der Waals surface area (Å²) in [6.45, 7) is 1.74. The molecule has 0 bridgehead atoms. The molecule has 0 amide bonds. The Labute approximate surface area is 134 Å². The van der Waals surface area contributed by atoms with Crippen molar-refractivity contribution in [2.75, 3.05) is 4.72 Å². The fraction of sp³-hybridized carbons (Fsp3) is 0.0769. The van der Waals surface area contributed by atoms with E-state index in [1.165, 1.54) is 12.1 Å². The maximum atomic E-state index is 12.3. The van der Waals surface area contributed by atoms with Crippen LogP contribution in [0.5, 0.6) is 5.75 Å². The lowest BCUT2D eigenvalue weighted by Crippen LogP contribution is -2.13. The number of rotatable bonds is 3. The molecule has 0 radical (unpaired) electrons. The Morgan fingerprint density at radius 3 is 2.40 bits per heavy atom. The molecule has 2 aromatic rings. The van der Waals surface area contributed by atoms with E-state index in [9.17, 15) is 13.5 Å². The van der Waals surface area contributed by atoms with Crippen molar-refractivity contribution in [2.45, 2.75) is 11.8 Å². The molecule has 0 spiro atoms. The molecule has 0 atom stereocenters. The first-order chi connectivity index (χ1) is 9.29. The number of anilines is 1. The van der Waals surface area contributed by atoms with Crippen molar-refractivity contribution in [2.24, 2.45) is 0 Å². The average molecular weight is 421 g/mol. The van der Waals surface area contributed by atoms with Gasteiger partial charge in [-0.2, -0.15) is 0 Å². The highest BCUT2D eigenvalue weighted by Gasteiger charge is 2.18. The highest BCUT2D eigenvalue weighted by molar-refractivity contribution is 9.11. The Kier molecular flexibility index (Phi) is 4.41. The van der Waals surface area contributed by atoms with E-state index < -0.39 is 10.0 Å². The van der Waals surface area contributed by atoms with Gasteiger partial charge in [0, 0.05) is 15.0 Å². The molecule has 0 saturated carbocycles. The molecule has 0 aliphatic rings. The van der Waals surface area contributed by atoms with E-state index in [2.05, 4.69) is 36.6 Å². The summed E-state index contributed by atoms with van der Waals surface area (Å²) in [7, 11) is -3.72. The number of hydrogen-bond acceptors (Lipinski definition) is 3. The molecule has 2 aromatic carbocycles. The predicted molar refractivity (Wildman–Crippen MR) is 85.5 cm³/mol. The second kappa shape index (κ2) is 5.75.